The molecule has 0 spiro atoms. The molecule has 2 heterocycles. The third-order valence-electron chi connectivity index (χ3n) is 3.18. The Labute approximate surface area is 143 Å². The van der Waals surface area contributed by atoms with Crippen LogP contribution < -0.4 is 10.3 Å². The molecule has 0 aliphatic heterocycles. The van der Waals surface area contributed by atoms with Crippen molar-refractivity contribution in [1.29, 1.82) is 0 Å². The van der Waals surface area contributed by atoms with Crippen molar-refractivity contribution in [3.63, 3.8) is 0 Å². The van der Waals surface area contributed by atoms with Crippen molar-refractivity contribution in [1.82, 2.24) is 19.8 Å². The van der Waals surface area contributed by atoms with Crippen LogP contribution in [0.1, 0.15) is 15.4 Å². The molecule has 9 heteroatoms. The van der Waals surface area contributed by atoms with E-state index in [0.29, 0.717) is 0 Å². The number of nitrogens with one attached hydrogen (secondary N) is 2. The van der Waals surface area contributed by atoms with Crippen LogP contribution in [0.2, 0.25) is 0 Å². The standard InChI is InChI=1S/C15H14N4O3S2/c1-11-7-8-14(23-11)24(21,22)18-17-15(20)13-9-16-10-19(13)12-5-3-2-4-6-12/h2-10,18H,1H3,(H,17,20). The number of imidazole rings is 1. The number of carbonyl (C=O) groups is 1. The number of carbonyl (C=O) groups excluding carboxylic acids is 1. The Morgan fingerprint density at radius 2 is 1.92 bits per heavy atom. The second-order valence-corrected chi connectivity index (χ2v) is 8.11. The van der Waals surface area contributed by atoms with E-state index < -0.39 is 15.9 Å². The fraction of sp³-hybridized carbons (Fsp3) is 0.0667. The first-order valence-corrected chi connectivity index (χ1v) is 9.24. The van der Waals surface area contributed by atoms with Crippen molar-refractivity contribution < 1.29 is 13.2 Å². The van der Waals surface area contributed by atoms with Crippen LogP contribution in [0.25, 0.3) is 5.69 Å². The number of amides is 1. The molecule has 3 rings (SSSR count). The average molecular weight is 362 g/mol. The number of benzene rings is 1. The van der Waals surface area contributed by atoms with Gasteiger partial charge in [-0.3, -0.25) is 14.8 Å². The summed E-state index contributed by atoms with van der Waals surface area (Å²) in [4.78, 5) is 19.2. The van der Waals surface area contributed by atoms with Crippen LogP contribution in [-0.4, -0.2) is 23.9 Å². The number of aryl methyl sites for hydroxylation is 1. The molecule has 7 nitrogen and oxygen atoms in total. The average Bonchev–Trinajstić information content (AvgIpc) is 3.23. The minimum Gasteiger partial charge on any atom is -0.295 e. The molecule has 0 saturated carbocycles. The molecule has 0 fully saturated rings. The predicted molar refractivity (Wildman–Crippen MR) is 90.4 cm³/mol. The molecule has 2 N–H and O–H groups in total. The van der Waals surface area contributed by atoms with E-state index in [1.54, 1.807) is 17.6 Å². The van der Waals surface area contributed by atoms with Crippen LogP contribution in [0.15, 0.2) is 59.2 Å². The lowest BCUT2D eigenvalue weighted by Crippen LogP contribution is -2.41. The molecule has 0 radical (unpaired) electrons. The van der Waals surface area contributed by atoms with Gasteiger partial charge < -0.3 is 0 Å². The summed E-state index contributed by atoms with van der Waals surface area (Å²) in [7, 11) is -3.80. The van der Waals surface area contributed by atoms with E-state index in [2.05, 4.69) is 15.2 Å². The predicted octanol–water partition coefficient (Wildman–Crippen LogP) is 1.87. The quantitative estimate of drug-likeness (QED) is 0.678. The zero-order valence-electron chi connectivity index (χ0n) is 12.6. The van der Waals surface area contributed by atoms with Gasteiger partial charge in [-0.05, 0) is 31.2 Å². The molecule has 0 bridgehead atoms. The topological polar surface area (TPSA) is 93.1 Å². The van der Waals surface area contributed by atoms with Gasteiger partial charge in [0.05, 0.1) is 12.5 Å². The minimum absolute atomic E-state index is 0.136. The number of hydrogen-bond donors (Lipinski definition) is 2. The van der Waals surface area contributed by atoms with Gasteiger partial charge in [-0.1, -0.05) is 18.2 Å². The lowest BCUT2D eigenvalue weighted by Gasteiger charge is -2.09. The summed E-state index contributed by atoms with van der Waals surface area (Å²) in [5, 5.41) is 0. The molecule has 0 atom stereocenters. The lowest BCUT2D eigenvalue weighted by molar-refractivity contribution is 0.0938. The van der Waals surface area contributed by atoms with Gasteiger partial charge in [0.15, 0.2) is 0 Å². The summed E-state index contributed by atoms with van der Waals surface area (Å²) in [6.45, 7) is 1.81. The number of hydrogen-bond acceptors (Lipinski definition) is 5. The van der Waals surface area contributed by atoms with Gasteiger partial charge in [0, 0.05) is 10.6 Å². The number of hydrazine groups is 1. The van der Waals surface area contributed by atoms with E-state index in [0.717, 1.165) is 21.9 Å². The lowest BCUT2D eigenvalue weighted by atomic mass is 10.3. The maximum atomic E-state index is 12.3. The monoisotopic (exact) mass is 362 g/mol. The number of aromatic nitrogens is 2. The largest absolute Gasteiger partial charge is 0.295 e. The van der Waals surface area contributed by atoms with Gasteiger partial charge in [-0.2, -0.15) is 0 Å². The van der Waals surface area contributed by atoms with Crippen LogP contribution >= 0.6 is 11.3 Å². The fourth-order valence-electron chi connectivity index (χ4n) is 2.04. The molecule has 0 unspecified atom stereocenters. The van der Waals surface area contributed by atoms with Crippen LogP contribution in [0, 0.1) is 6.92 Å². The summed E-state index contributed by atoms with van der Waals surface area (Å²) >= 11 is 1.12. The first kappa shape index (κ1) is 16.4. The van der Waals surface area contributed by atoms with Gasteiger partial charge in [0.1, 0.15) is 9.90 Å². The van der Waals surface area contributed by atoms with Crippen molar-refractivity contribution in [3.05, 3.63) is 65.6 Å². The fourth-order valence-corrected chi connectivity index (χ4v) is 4.16. The van der Waals surface area contributed by atoms with Crippen LogP contribution in [0.4, 0.5) is 0 Å². The third kappa shape index (κ3) is 3.37. The van der Waals surface area contributed by atoms with Gasteiger partial charge in [0.2, 0.25) is 0 Å². The summed E-state index contributed by atoms with van der Waals surface area (Å²) in [5.41, 5.74) is 3.17. The number of rotatable bonds is 5. The zero-order valence-corrected chi connectivity index (χ0v) is 14.3. The summed E-state index contributed by atoms with van der Waals surface area (Å²) in [5.74, 6) is -0.604. The van der Waals surface area contributed by atoms with Crippen molar-refractivity contribution in [2.75, 3.05) is 0 Å². The molecule has 0 saturated heterocycles. The maximum Gasteiger partial charge on any atom is 0.284 e. The SMILES string of the molecule is Cc1ccc(S(=O)(=O)NNC(=O)c2cncn2-c2ccccc2)s1. The van der Waals surface area contributed by atoms with Crippen LogP contribution in [0.5, 0.6) is 0 Å². The highest BCUT2D eigenvalue weighted by Crippen LogP contribution is 2.19. The Hall–Kier alpha value is -2.49. The molecule has 0 aliphatic carbocycles. The van der Waals surface area contributed by atoms with E-state index >= 15 is 0 Å². The van der Waals surface area contributed by atoms with Crippen molar-refractivity contribution in [3.8, 4) is 5.69 Å². The van der Waals surface area contributed by atoms with Gasteiger partial charge >= 0.3 is 0 Å². The molecule has 124 valence electrons. The molecule has 1 aromatic carbocycles. The first-order valence-electron chi connectivity index (χ1n) is 6.94. The molecular weight excluding hydrogens is 348 g/mol. The first-order chi connectivity index (χ1) is 11.5. The molecule has 0 aliphatic rings. The number of nitrogens with zero attached hydrogens (tertiary/aromatic N) is 2. The summed E-state index contributed by atoms with van der Waals surface area (Å²) < 4.78 is 26.0. The summed E-state index contributed by atoms with van der Waals surface area (Å²) in [6.07, 6.45) is 2.85. The van der Waals surface area contributed by atoms with Crippen molar-refractivity contribution in [2.45, 2.75) is 11.1 Å². The van der Waals surface area contributed by atoms with E-state index in [-0.39, 0.29) is 9.90 Å². The molecule has 24 heavy (non-hydrogen) atoms. The van der Waals surface area contributed by atoms with Crippen LogP contribution in [0.3, 0.4) is 0 Å². The van der Waals surface area contributed by atoms with Crippen LogP contribution in [-0.2, 0) is 10.0 Å². The van der Waals surface area contributed by atoms with E-state index in [1.807, 2.05) is 30.3 Å². The van der Waals surface area contributed by atoms with Crippen molar-refractivity contribution >= 4 is 27.3 Å². The normalized spacial score (nSPS) is 11.4. The second kappa shape index (κ2) is 6.56. The van der Waals surface area contributed by atoms with E-state index in [4.69, 9.17) is 0 Å². The van der Waals surface area contributed by atoms with Gasteiger partial charge in [-0.25, -0.2) is 13.4 Å². The highest BCUT2D eigenvalue weighted by Gasteiger charge is 2.19. The Balaban J connectivity index is 1.76. The smallest absolute Gasteiger partial charge is 0.284 e. The van der Waals surface area contributed by atoms with Gasteiger partial charge in [-0.15, -0.1) is 16.2 Å². The molecule has 3 aromatic rings. The molecular formula is C15H14N4O3S2. The Kier molecular flexibility index (Phi) is 4.47. The highest BCUT2D eigenvalue weighted by atomic mass is 32.2. The number of thiophene rings is 1. The Bertz CT molecular complexity index is 962. The molecule has 2 aromatic heterocycles. The second-order valence-electron chi connectivity index (χ2n) is 4.91. The highest BCUT2D eigenvalue weighted by molar-refractivity contribution is 7.91. The van der Waals surface area contributed by atoms with Gasteiger partial charge in [0.25, 0.3) is 15.9 Å². The van der Waals surface area contributed by atoms with E-state index in [9.17, 15) is 13.2 Å². The zero-order chi connectivity index (χ0) is 17.2. The Morgan fingerprint density at radius 1 is 1.17 bits per heavy atom. The van der Waals surface area contributed by atoms with E-state index in [1.165, 1.54) is 18.6 Å². The maximum absolute atomic E-state index is 12.3. The van der Waals surface area contributed by atoms with Crippen molar-refractivity contribution in [2.24, 2.45) is 0 Å². The molecule has 1 amide bonds. The number of para-hydroxylation sites is 1. The Morgan fingerprint density at radius 3 is 2.58 bits per heavy atom. The minimum atomic E-state index is -3.80. The number of sulfonamides is 1. The summed E-state index contributed by atoms with van der Waals surface area (Å²) in [6, 6.07) is 12.3. The third-order valence-corrected chi connectivity index (χ3v) is 5.93.